The van der Waals surface area contributed by atoms with E-state index >= 15 is 0 Å². The zero-order chi connectivity index (χ0) is 15.2. The van der Waals surface area contributed by atoms with Gasteiger partial charge in [0.15, 0.2) is 5.65 Å². The number of hydrogen-bond acceptors (Lipinski definition) is 2. The summed E-state index contributed by atoms with van der Waals surface area (Å²) in [6.45, 7) is 8.46. The number of benzene rings is 1. The lowest BCUT2D eigenvalue weighted by Crippen LogP contribution is -2.14. The van der Waals surface area contributed by atoms with Gasteiger partial charge in [0, 0.05) is 11.0 Å². The van der Waals surface area contributed by atoms with E-state index in [-0.39, 0.29) is 5.41 Å². The fourth-order valence-corrected chi connectivity index (χ4v) is 2.47. The molecule has 0 fully saturated rings. The van der Waals surface area contributed by atoms with Gasteiger partial charge in [-0.25, -0.2) is 9.50 Å². The van der Waals surface area contributed by atoms with Gasteiger partial charge in [-0.2, -0.15) is 5.10 Å². The van der Waals surface area contributed by atoms with Crippen molar-refractivity contribution in [2.24, 2.45) is 0 Å². The SMILES string of the molecule is Cc1ccc(-c2cnn3c(Cl)cc(C(C)(C)C)nc23)cc1. The molecule has 2 heterocycles. The normalized spacial score (nSPS) is 12.0. The summed E-state index contributed by atoms with van der Waals surface area (Å²) in [6.07, 6.45) is 1.82. The molecule has 0 atom stereocenters. The van der Waals surface area contributed by atoms with E-state index in [1.807, 2.05) is 12.3 Å². The summed E-state index contributed by atoms with van der Waals surface area (Å²) in [6, 6.07) is 10.2. The van der Waals surface area contributed by atoms with Crippen molar-refractivity contribution in [3.8, 4) is 11.1 Å². The Balaban J connectivity index is 2.25. The van der Waals surface area contributed by atoms with E-state index in [1.54, 1.807) is 4.52 Å². The third kappa shape index (κ3) is 2.54. The molecule has 108 valence electrons. The van der Waals surface area contributed by atoms with Crippen molar-refractivity contribution in [1.29, 1.82) is 0 Å². The minimum absolute atomic E-state index is 0.0554. The maximum Gasteiger partial charge on any atom is 0.164 e. The van der Waals surface area contributed by atoms with E-state index in [0.717, 1.165) is 22.5 Å². The van der Waals surface area contributed by atoms with Crippen molar-refractivity contribution >= 4 is 17.2 Å². The number of rotatable bonds is 1. The van der Waals surface area contributed by atoms with E-state index in [2.05, 4.69) is 57.1 Å². The first-order valence-corrected chi connectivity index (χ1v) is 7.36. The van der Waals surface area contributed by atoms with E-state index in [4.69, 9.17) is 16.6 Å². The second kappa shape index (κ2) is 4.85. The second-order valence-electron chi connectivity index (χ2n) is 6.37. The van der Waals surface area contributed by atoms with Crippen LogP contribution in [0.25, 0.3) is 16.8 Å². The maximum absolute atomic E-state index is 6.35. The van der Waals surface area contributed by atoms with Crippen LogP contribution in [-0.4, -0.2) is 14.6 Å². The number of fused-ring (bicyclic) bond motifs is 1. The molecule has 3 nitrogen and oxygen atoms in total. The summed E-state index contributed by atoms with van der Waals surface area (Å²) in [4.78, 5) is 4.78. The van der Waals surface area contributed by atoms with Crippen LogP contribution in [0.5, 0.6) is 0 Å². The quantitative estimate of drug-likeness (QED) is 0.612. The molecule has 0 spiro atoms. The summed E-state index contributed by atoms with van der Waals surface area (Å²) in [5, 5.41) is 4.95. The van der Waals surface area contributed by atoms with E-state index in [0.29, 0.717) is 5.15 Å². The molecule has 4 heteroatoms. The van der Waals surface area contributed by atoms with Crippen molar-refractivity contribution in [2.75, 3.05) is 0 Å². The zero-order valence-electron chi connectivity index (χ0n) is 12.7. The Labute approximate surface area is 129 Å². The fourth-order valence-electron chi connectivity index (χ4n) is 2.25. The summed E-state index contributed by atoms with van der Waals surface area (Å²) < 4.78 is 1.69. The van der Waals surface area contributed by atoms with Gasteiger partial charge in [0.25, 0.3) is 0 Å². The van der Waals surface area contributed by atoms with Crippen LogP contribution in [0.4, 0.5) is 0 Å². The van der Waals surface area contributed by atoms with Gasteiger partial charge < -0.3 is 0 Å². The molecule has 2 aromatic heterocycles. The molecule has 0 saturated heterocycles. The Morgan fingerprint density at radius 2 is 1.76 bits per heavy atom. The highest BCUT2D eigenvalue weighted by atomic mass is 35.5. The highest BCUT2D eigenvalue weighted by Crippen LogP contribution is 2.29. The molecule has 3 aromatic rings. The van der Waals surface area contributed by atoms with Crippen molar-refractivity contribution in [3.05, 3.63) is 52.9 Å². The molecular formula is C17H18ClN3. The molecule has 0 aliphatic carbocycles. The van der Waals surface area contributed by atoms with Crippen LogP contribution >= 0.6 is 11.6 Å². The van der Waals surface area contributed by atoms with Crippen LogP contribution in [0.3, 0.4) is 0 Å². The van der Waals surface area contributed by atoms with Gasteiger partial charge in [0.2, 0.25) is 0 Å². The third-order valence-electron chi connectivity index (χ3n) is 3.56. The lowest BCUT2D eigenvalue weighted by molar-refractivity contribution is 0.568. The van der Waals surface area contributed by atoms with Crippen molar-refractivity contribution in [3.63, 3.8) is 0 Å². The first-order chi connectivity index (χ1) is 9.86. The van der Waals surface area contributed by atoms with E-state index in [1.165, 1.54) is 5.56 Å². The molecule has 0 N–H and O–H groups in total. The van der Waals surface area contributed by atoms with E-state index < -0.39 is 0 Å². The summed E-state index contributed by atoms with van der Waals surface area (Å²) in [5.41, 5.74) is 5.05. The van der Waals surface area contributed by atoms with Crippen LogP contribution in [0, 0.1) is 6.92 Å². The maximum atomic E-state index is 6.35. The van der Waals surface area contributed by atoms with E-state index in [9.17, 15) is 0 Å². The van der Waals surface area contributed by atoms with Crippen LogP contribution in [-0.2, 0) is 5.41 Å². The monoisotopic (exact) mass is 299 g/mol. The topological polar surface area (TPSA) is 30.2 Å². The zero-order valence-corrected chi connectivity index (χ0v) is 13.4. The summed E-state index contributed by atoms with van der Waals surface area (Å²) in [7, 11) is 0. The molecule has 21 heavy (non-hydrogen) atoms. The predicted molar refractivity (Wildman–Crippen MR) is 86.9 cm³/mol. The number of halogens is 1. The first kappa shape index (κ1) is 14.1. The lowest BCUT2D eigenvalue weighted by atomic mass is 9.92. The van der Waals surface area contributed by atoms with Crippen LogP contribution in [0.15, 0.2) is 36.5 Å². The Kier molecular flexibility index (Phi) is 3.25. The van der Waals surface area contributed by atoms with Gasteiger partial charge in [0.1, 0.15) is 5.15 Å². The molecule has 0 unspecified atom stereocenters. The molecule has 0 bridgehead atoms. The minimum Gasteiger partial charge on any atom is -0.232 e. The number of aromatic nitrogens is 3. The lowest BCUT2D eigenvalue weighted by Gasteiger charge is -2.18. The van der Waals surface area contributed by atoms with Crippen molar-refractivity contribution in [2.45, 2.75) is 33.1 Å². The van der Waals surface area contributed by atoms with Gasteiger partial charge >= 0.3 is 0 Å². The van der Waals surface area contributed by atoms with Crippen LogP contribution in [0.2, 0.25) is 5.15 Å². The molecule has 1 aromatic carbocycles. The molecule has 0 aliphatic heterocycles. The predicted octanol–water partition coefficient (Wildman–Crippen LogP) is 4.66. The smallest absolute Gasteiger partial charge is 0.164 e. The number of nitrogens with zero attached hydrogens (tertiary/aromatic N) is 3. The summed E-state index contributed by atoms with van der Waals surface area (Å²) in [5.74, 6) is 0. The average Bonchev–Trinajstić information content (AvgIpc) is 2.83. The Hall–Kier alpha value is -1.87. The molecule has 0 radical (unpaired) electrons. The standard InChI is InChI=1S/C17H18ClN3/c1-11-5-7-12(8-6-11)13-10-19-21-15(18)9-14(17(2,3)4)20-16(13)21/h5-10H,1-4H3. The molecule has 0 amide bonds. The van der Waals surface area contributed by atoms with Crippen LogP contribution < -0.4 is 0 Å². The van der Waals surface area contributed by atoms with Gasteiger partial charge in [-0.05, 0) is 18.6 Å². The highest BCUT2D eigenvalue weighted by molar-refractivity contribution is 6.29. The van der Waals surface area contributed by atoms with Crippen molar-refractivity contribution < 1.29 is 0 Å². The largest absolute Gasteiger partial charge is 0.232 e. The minimum atomic E-state index is -0.0554. The summed E-state index contributed by atoms with van der Waals surface area (Å²) >= 11 is 6.35. The first-order valence-electron chi connectivity index (χ1n) is 6.98. The molecule has 0 saturated carbocycles. The van der Waals surface area contributed by atoms with Gasteiger partial charge in [0.05, 0.1) is 11.9 Å². The van der Waals surface area contributed by atoms with Crippen LogP contribution in [0.1, 0.15) is 32.0 Å². The number of hydrogen-bond donors (Lipinski definition) is 0. The average molecular weight is 300 g/mol. The van der Waals surface area contributed by atoms with Crippen molar-refractivity contribution in [1.82, 2.24) is 14.6 Å². The molecular weight excluding hydrogens is 282 g/mol. The second-order valence-corrected chi connectivity index (χ2v) is 6.76. The third-order valence-corrected chi connectivity index (χ3v) is 3.83. The van der Waals surface area contributed by atoms with Gasteiger partial charge in [-0.3, -0.25) is 0 Å². The van der Waals surface area contributed by atoms with Gasteiger partial charge in [-0.15, -0.1) is 0 Å². The molecule has 0 aliphatic rings. The Bertz CT molecular complexity index is 795. The number of aryl methyl sites for hydroxylation is 1. The Morgan fingerprint density at radius 1 is 1.10 bits per heavy atom. The highest BCUT2D eigenvalue weighted by Gasteiger charge is 2.19. The van der Waals surface area contributed by atoms with Gasteiger partial charge in [-0.1, -0.05) is 62.2 Å². The fraction of sp³-hybridized carbons (Fsp3) is 0.294. The molecule has 3 rings (SSSR count). The Morgan fingerprint density at radius 3 is 2.38 bits per heavy atom.